The third-order valence-corrected chi connectivity index (χ3v) is 4.56. The summed E-state index contributed by atoms with van der Waals surface area (Å²) in [5, 5.41) is 3.70. The molecule has 1 unspecified atom stereocenters. The molecule has 2 nitrogen and oxygen atoms in total. The molecule has 2 N–H and O–H groups in total. The molecular formula is C13H14BrClN2S. The second kappa shape index (κ2) is 5.70. The van der Waals surface area contributed by atoms with Crippen molar-refractivity contribution in [3.05, 3.63) is 49.3 Å². The van der Waals surface area contributed by atoms with E-state index in [2.05, 4.69) is 40.1 Å². The molecule has 5 heteroatoms. The SMILES string of the molecule is CC(C)c1csc(C(N)c2ccc(Cl)cc2Br)n1. The molecule has 0 saturated carbocycles. The van der Waals surface area contributed by atoms with Crippen molar-refractivity contribution in [1.82, 2.24) is 4.98 Å². The molecule has 1 aromatic heterocycles. The third-order valence-electron chi connectivity index (χ3n) is 2.69. The van der Waals surface area contributed by atoms with E-state index in [1.165, 1.54) is 0 Å². The zero-order chi connectivity index (χ0) is 13.3. The van der Waals surface area contributed by atoms with Crippen molar-refractivity contribution in [3.8, 4) is 0 Å². The smallest absolute Gasteiger partial charge is 0.114 e. The van der Waals surface area contributed by atoms with E-state index in [9.17, 15) is 0 Å². The molecule has 0 bridgehead atoms. The fraction of sp³-hybridized carbons (Fsp3) is 0.308. The predicted molar refractivity (Wildman–Crippen MR) is 81.4 cm³/mol. The van der Waals surface area contributed by atoms with Crippen LogP contribution in [-0.4, -0.2) is 4.98 Å². The zero-order valence-corrected chi connectivity index (χ0v) is 13.3. The lowest BCUT2D eigenvalue weighted by atomic mass is 10.1. The quantitative estimate of drug-likeness (QED) is 0.873. The van der Waals surface area contributed by atoms with Crippen molar-refractivity contribution >= 4 is 38.9 Å². The number of halogens is 2. The molecule has 1 atom stereocenters. The van der Waals surface area contributed by atoms with Gasteiger partial charge in [-0.2, -0.15) is 0 Å². The Balaban J connectivity index is 2.32. The van der Waals surface area contributed by atoms with Crippen molar-refractivity contribution in [2.45, 2.75) is 25.8 Å². The summed E-state index contributed by atoms with van der Waals surface area (Å²) in [6.07, 6.45) is 0. The van der Waals surface area contributed by atoms with Crippen LogP contribution in [0.4, 0.5) is 0 Å². The summed E-state index contributed by atoms with van der Waals surface area (Å²) >= 11 is 11.0. The number of benzene rings is 1. The van der Waals surface area contributed by atoms with Gasteiger partial charge in [-0.05, 0) is 23.6 Å². The number of hydrogen-bond acceptors (Lipinski definition) is 3. The highest BCUT2D eigenvalue weighted by atomic mass is 79.9. The lowest BCUT2D eigenvalue weighted by Gasteiger charge is -2.11. The van der Waals surface area contributed by atoms with Gasteiger partial charge in [-0.3, -0.25) is 0 Å². The first kappa shape index (κ1) is 14.0. The van der Waals surface area contributed by atoms with Crippen molar-refractivity contribution < 1.29 is 0 Å². The topological polar surface area (TPSA) is 38.9 Å². The summed E-state index contributed by atoms with van der Waals surface area (Å²) in [4.78, 5) is 4.59. The largest absolute Gasteiger partial charge is 0.318 e. The van der Waals surface area contributed by atoms with Gasteiger partial charge >= 0.3 is 0 Å². The molecule has 0 radical (unpaired) electrons. The number of thiazole rings is 1. The first-order valence-corrected chi connectivity index (χ1v) is 7.70. The molecule has 0 aliphatic carbocycles. The molecule has 0 aliphatic heterocycles. The van der Waals surface area contributed by atoms with Gasteiger partial charge in [0.25, 0.3) is 0 Å². The Morgan fingerprint density at radius 3 is 2.67 bits per heavy atom. The van der Waals surface area contributed by atoms with Crippen LogP contribution < -0.4 is 5.73 Å². The maximum Gasteiger partial charge on any atom is 0.114 e. The minimum Gasteiger partial charge on any atom is -0.318 e. The summed E-state index contributed by atoms with van der Waals surface area (Å²) in [6, 6.07) is 5.42. The van der Waals surface area contributed by atoms with E-state index in [1.807, 2.05) is 18.2 Å². The highest BCUT2D eigenvalue weighted by Crippen LogP contribution is 2.31. The lowest BCUT2D eigenvalue weighted by Crippen LogP contribution is -2.12. The minimum absolute atomic E-state index is 0.214. The molecule has 1 aromatic carbocycles. The number of nitrogens with zero attached hydrogens (tertiary/aromatic N) is 1. The van der Waals surface area contributed by atoms with E-state index in [1.54, 1.807) is 11.3 Å². The van der Waals surface area contributed by atoms with Gasteiger partial charge in [0.05, 0.1) is 11.7 Å². The Bertz CT molecular complexity index is 554. The fourth-order valence-electron chi connectivity index (χ4n) is 1.60. The lowest BCUT2D eigenvalue weighted by molar-refractivity contribution is 0.794. The highest BCUT2D eigenvalue weighted by Gasteiger charge is 2.17. The number of rotatable bonds is 3. The van der Waals surface area contributed by atoms with Gasteiger partial charge in [0, 0.05) is 14.9 Å². The van der Waals surface area contributed by atoms with Crippen LogP contribution in [0.15, 0.2) is 28.1 Å². The summed E-state index contributed by atoms with van der Waals surface area (Å²) < 4.78 is 0.920. The standard InChI is InChI=1S/C13H14BrClN2S/c1-7(2)11-6-18-13(17-11)12(16)9-4-3-8(15)5-10(9)14/h3-7,12H,16H2,1-2H3. The zero-order valence-electron chi connectivity index (χ0n) is 10.2. The number of aromatic nitrogens is 1. The van der Waals surface area contributed by atoms with Crippen LogP contribution in [0.2, 0.25) is 5.02 Å². The molecule has 18 heavy (non-hydrogen) atoms. The molecule has 96 valence electrons. The van der Waals surface area contributed by atoms with Gasteiger partial charge in [-0.15, -0.1) is 11.3 Å². The van der Waals surface area contributed by atoms with E-state index < -0.39 is 0 Å². The van der Waals surface area contributed by atoms with Crippen LogP contribution >= 0.6 is 38.9 Å². The van der Waals surface area contributed by atoms with Crippen LogP contribution in [0.5, 0.6) is 0 Å². The molecule has 0 fully saturated rings. The number of hydrogen-bond donors (Lipinski definition) is 1. The summed E-state index contributed by atoms with van der Waals surface area (Å²) in [6.45, 7) is 4.26. The average Bonchev–Trinajstić information content (AvgIpc) is 2.77. The fourth-order valence-corrected chi connectivity index (χ4v) is 3.52. The van der Waals surface area contributed by atoms with Gasteiger partial charge in [0.1, 0.15) is 5.01 Å². The Morgan fingerprint density at radius 2 is 2.11 bits per heavy atom. The van der Waals surface area contributed by atoms with Crippen LogP contribution in [0.25, 0.3) is 0 Å². The second-order valence-corrected chi connectivity index (χ2v) is 6.59. The Kier molecular flexibility index (Phi) is 4.43. The normalized spacial score (nSPS) is 13.0. The maximum atomic E-state index is 6.26. The van der Waals surface area contributed by atoms with Gasteiger partial charge in [0.15, 0.2) is 0 Å². The van der Waals surface area contributed by atoms with Crippen molar-refractivity contribution in [2.75, 3.05) is 0 Å². The molecular weight excluding hydrogens is 332 g/mol. The van der Waals surface area contributed by atoms with Gasteiger partial charge in [-0.1, -0.05) is 47.4 Å². The van der Waals surface area contributed by atoms with E-state index in [0.29, 0.717) is 10.9 Å². The Morgan fingerprint density at radius 1 is 1.39 bits per heavy atom. The second-order valence-electron chi connectivity index (χ2n) is 4.41. The van der Waals surface area contributed by atoms with Gasteiger partial charge < -0.3 is 5.73 Å². The monoisotopic (exact) mass is 344 g/mol. The molecule has 0 spiro atoms. The Labute approximate surface area is 124 Å². The van der Waals surface area contributed by atoms with Crippen LogP contribution in [0, 0.1) is 0 Å². The Hall–Kier alpha value is -0.420. The molecule has 0 aliphatic rings. The highest BCUT2D eigenvalue weighted by molar-refractivity contribution is 9.10. The summed E-state index contributed by atoms with van der Waals surface area (Å²) in [7, 11) is 0. The first-order valence-electron chi connectivity index (χ1n) is 5.65. The molecule has 2 aromatic rings. The average molecular weight is 346 g/mol. The number of nitrogens with two attached hydrogens (primary N) is 1. The minimum atomic E-state index is -0.214. The van der Waals surface area contributed by atoms with E-state index >= 15 is 0 Å². The summed E-state index contributed by atoms with van der Waals surface area (Å²) in [5.41, 5.74) is 8.35. The molecule has 0 saturated heterocycles. The van der Waals surface area contributed by atoms with Crippen molar-refractivity contribution in [1.29, 1.82) is 0 Å². The van der Waals surface area contributed by atoms with Crippen molar-refractivity contribution in [2.24, 2.45) is 5.73 Å². The van der Waals surface area contributed by atoms with Crippen molar-refractivity contribution in [3.63, 3.8) is 0 Å². The first-order chi connectivity index (χ1) is 8.49. The van der Waals surface area contributed by atoms with E-state index in [4.69, 9.17) is 17.3 Å². The van der Waals surface area contributed by atoms with E-state index in [0.717, 1.165) is 20.7 Å². The predicted octanol–water partition coefficient (Wildman–Crippen LogP) is 4.73. The molecule has 1 heterocycles. The maximum absolute atomic E-state index is 6.26. The van der Waals surface area contributed by atoms with Crippen LogP contribution in [0.1, 0.15) is 42.1 Å². The van der Waals surface area contributed by atoms with Crippen LogP contribution in [0.3, 0.4) is 0 Å². The van der Waals surface area contributed by atoms with E-state index in [-0.39, 0.29) is 6.04 Å². The van der Waals surface area contributed by atoms with Crippen LogP contribution in [-0.2, 0) is 0 Å². The third kappa shape index (κ3) is 2.94. The molecule has 2 rings (SSSR count). The summed E-state index contributed by atoms with van der Waals surface area (Å²) in [5.74, 6) is 0.427. The molecule has 0 amide bonds. The van der Waals surface area contributed by atoms with Gasteiger partial charge in [-0.25, -0.2) is 4.98 Å². The van der Waals surface area contributed by atoms with Gasteiger partial charge in [0.2, 0.25) is 0 Å².